The number of rotatable bonds is 7. The topological polar surface area (TPSA) is 21.7 Å². The van der Waals surface area contributed by atoms with Crippen molar-refractivity contribution >= 4 is 0 Å². The van der Waals surface area contributed by atoms with E-state index in [1.807, 2.05) is 30.3 Å². The molecule has 1 atom stereocenters. The lowest BCUT2D eigenvalue weighted by molar-refractivity contribution is 0.0318. The van der Waals surface area contributed by atoms with Gasteiger partial charge in [-0.05, 0) is 35.6 Å². The summed E-state index contributed by atoms with van der Waals surface area (Å²) >= 11 is 0. The third-order valence-electron chi connectivity index (χ3n) is 4.43. The fraction of sp³-hybridized carbons (Fsp3) is 0.429. The summed E-state index contributed by atoms with van der Waals surface area (Å²) in [5, 5.41) is 0. The van der Waals surface area contributed by atoms with Gasteiger partial charge in [0.15, 0.2) is 0 Å². The predicted molar refractivity (Wildman–Crippen MR) is 97.3 cm³/mol. The van der Waals surface area contributed by atoms with Crippen LogP contribution in [0.1, 0.15) is 18.1 Å². The van der Waals surface area contributed by atoms with E-state index >= 15 is 0 Å². The lowest BCUT2D eigenvalue weighted by atomic mass is 9.99. The van der Waals surface area contributed by atoms with E-state index in [0.29, 0.717) is 12.5 Å². The first kappa shape index (κ1) is 17.0. The van der Waals surface area contributed by atoms with Crippen LogP contribution < -0.4 is 4.74 Å². The minimum absolute atomic E-state index is 0.619. The number of morpholine rings is 1. The van der Waals surface area contributed by atoms with Gasteiger partial charge >= 0.3 is 0 Å². The second kappa shape index (κ2) is 8.86. The molecule has 0 spiro atoms. The maximum atomic E-state index is 5.80. The third kappa shape index (κ3) is 5.36. The van der Waals surface area contributed by atoms with Crippen molar-refractivity contribution in [1.29, 1.82) is 0 Å². The molecule has 3 heteroatoms. The molecular weight excluding hydrogens is 298 g/mol. The van der Waals surface area contributed by atoms with Gasteiger partial charge in [-0.1, -0.05) is 49.4 Å². The van der Waals surface area contributed by atoms with E-state index in [2.05, 4.69) is 36.1 Å². The van der Waals surface area contributed by atoms with Gasteiger partial charge < -0.3 is 9.47 Å². The fourth-order valence-corrected chi connectivity index (χ4v) is 3.15. The SMILES string of the molecule is CC(Cc1ccc(COc2ccccc2)cc1)CN1CCOCC1. The zero-order valence-corrected chi connectivity index (χ0v) is 14.5. The molecule has 1 aliphatic heterocycles. The maximum absolute atomic E-state index is 5.80. The maximum Gasteiger partial charge on any atom is 0.119 e. The van der Waals surface area contributed by atoms with Crippen LogP contribution in [0, 0.1) is 5.92 Å². The minimum Gasteiger partial charge on any atom is -0.489 e. The quantitative estimate of drug-likeness (QED) is 0.773. The number of nitrogens with zero attached hydrogens (tertiary/aromatic N) is 1. The van der Waals surface area contributed by atoms with Gasteiger partial charge in [-0.2, -0.15) is 0 Å². The highest BCUT2D eigenvalue weighted by Gasteiger charge is 2.14. The highest BCUT2D eigenvalue weighted by molar-refractivity contribution is 5.25. The van der Waals surface area contributed by atoms with E-state index in [1.54, 1.807) is 0 Å². The molecule has 1 aliphatic rings. The van der Waals surface area contributed by atoms with E-state index < -0.39 is 0 Å². The Morgan fingerprint density at radius 1 is 0.958 bits per heavy atom. The number of hydrogen-bond donors (Lipinski definition) is 0. The molecule has 0 aromatic heterocycles. The van der Waals surface area contributed by atoms with Gasteiger partial charge in [0.05, 0.1) is 13.2 Å². The average molecular weight is 325 g/mol. The molecule has 24 heavy (non-hydrogen) atoms. The molecule has 3 nitrogen and oxygen atoms in total. The molecule has 2 aromatic carbocycles. The Balaban J connectivity index is 1.45. The van der Waals surface area contributed by atoms with Gasteiger partial charge in [-0.25, -0.2) is 0 Å². The summed E-state index contributed by atoms with van der Waals surface area (Å²) in [5.74, 6) is 1.58. The summed E-state index contributed by atoms with van der Waals surface area (Å²) in [5.41, 5.74) is 2.61. The predicted octanol–water partition coefficient (Wildman–Crippen LogP) is 3.78. The Hall–Kier alpha value is -1.84. The van der Waals surface area contributed by atoms with Crippen LogP contribution in [0.5, 0.6) is 5.75 Å². The van der Waals surface area contributed by atoms with Crippen LogP contribution in [0.15, 0.2) is 54.6 Å². The van der Waals surface area contributed by atoms with Crippen LogP contribution in [-0.2, 0) is 17.8 Å². The van der Waals surface area contributed by atoms with Crippen LogP contribution >= 0.6 is 0 Å². The van der Waals surface area contributed by atoms with E-state index in [4.69, 9.17) is 9.47 Å². The molecule has 128 valence electrons. The Labute approximate surface area is 145 Å². The molecule has 1 saturated heterocycles. The van der Waals surface area contributed by atoms with Gasteiger partial charge in [0.2, 0.25) is 0 Å². The molecule has 2 aromatic rings. The molecule has 0 N–H and O–H groups in total. The van der Waals surface area contributed by atoms with Crippen molar-refractivity contribution < 1.29 is 9.47 Å². The Morgan fingerprint density at radius 2 is 1.62 bits per heavy atom. The number of para-hydroxylation sites is 1. The molecule has 0 saturated carbocycles. The molecule has 1 heterocycles. The van der Waals surface area contributed by atoms with Crippen molar-refractivity contribution in [2.75, 3.05) is 32.8 Å². The van der Waals surface area contributed by atoms with Gasteiger partial charge in [0.1, 0.15) is 12.4 Å². The molecule has 0 amide bonds. The van der Waals surface area contributed by atoms with Gasteiger partial charge in [-0.3, -0.25) is 4.90 Å². The largest absolute Gasteiger partial charge is 0.489 e. The van der Waals surface area contributed by atoms with Crippen molar-refractivity contribution in [1.82, 2.24) is 4.90 Å². The van der Waals surface area contributed by atoms with Crippen LogP contribution in [0.2, 0.25) is 0 Å². The monoisotopic (exact) mass is 325 g/mol. The van der Waals surface area contributed by atoms with Gasteiger partial charge in [0, 0.05) is 19.6 Å². The normalized spacial score (nSPS) is 16.7. The van der Waals surface area contributed by atoms with Crippen LogP contribution in [-0.4, -0.2) is 37.7 Å². The Bertz CT molecular complexity index is 591. The molecule has 0 bridgehead atoms. The molecule has 0 radical (unpaired) electrons. The second-order valence-electron chi connectivity index (χ2n) is 6.64. The van der Waals surface area contributed by atoms with E-state index in [-0.39, 0.29) is 0 Å². The molecule has 0 aliphatic carbocycles. The fourth-order valence-electron chi connectivity index (χ4n) is 3.15. The first-order valence-electron chi connectivity index (χ1n) is 8.85. The summed E-state index contributed by atoms with van der Waals surface area (Å²) in [4.78, 5) is 2.51. The summed E-state index contributed by atoms with van der Waals surface area (Å²) in [6, 6.07) is 18.8. The lowest BCUT2D eigenvalue weighted by Crippen LogP contribution is -2.39. The zero-order valence-electron chi connectivity index (χ0n) is 14.5. The number of hydrogen-bond acceptors (Lipinski definition) is 3. The molecule has 3 rings (SSSR count). The summed E-state index contributed by atoms with van der Waals surface area (Å²) in [7, 11) is 0. The lowest BCUT2D eigenvalue weighted by Gasteiger charge is -2.29. The summed E-state index contributed by atoms with van der Waals surface area (Å²) in [6.45, 7) is 8.00. The van der Waals surface area contributed by atoms with Gasteiger partial charge in [0.25, 0.3) is 0 Å². The third-order valence-corrected chi connectivity index (χ3v) is 4.43. The van der Waals surface area contributed by atoms with Gasteiger partial charge in [-0.15, -0.1) is 0 Å². The smallest absolute Gasteiger partial charge is 0.119 e. The van der Waals surface area contributed by atoms with Crippen molar-refractivity contribution in [2.45, 2.75) is 20.0 Å². The standard InChI is InChI=1S/C21H27NO2/c1-18(16-22-11-13-23-14-12-22)15-19-7-9-20(10-8-19)17-24-21-5-3-2-4-6-21/h2-10,18H,11-17H2,1H3. The highest BCUT2D eigenvalue weighted by atomic mass is 16.5. The average Bonchev–Trinajstić information content (AvgIpc) is 2.63. The van der Waals surface area contributed by atoms with Crippen molar-refractivity contribution in [2.24, 2.45) is 5.92 Å². The summed E-state index contributed by atoms with van der Waals surface area (Å²) in [6.07, 6.45) is 1.12. The van der Waals surface area contributed by atoms with E-state index in [0.717, 1.165) is 45.0 Å². The first-order chi connectivity index (χ1) is 11.8. The van der Waals surface area contributed by atoms with Crippen LogP contribution in [0.25, 0.3) is 0 Å². The highest BCUT2D eigenvalue weighted by Crippen LogP contribution is 2.15. The van der Waals surface area contributed by atoms with Crippen LogP contribution in [0.4, 0.5) is 0 Å². The van der Waals surface area contributed by atoms with Crippen molar-refractivity contribution in [3.8, 4) is 5.75 Å². The van der Waals surface area contributed by atoms with E-state index in [9.17, 15) is 0 Å². The zero-order chi connectivity index (χ0) is 16.6. The molecule has 1 unspecified atom stereocenters. The first-order valence-corrected chi connectivity index (χ1v) is 8.85. The minimum atomic E-state index is 0.619. The van der Waals surface area contributed by atoms with Crippen molar-refractivity contribution in [3.05, 3.63) is 65.7 Å². The summed E-state index contributed by atoms with van der Waals surface area (Å²) < 4.78 is 11.2. The Kier molecular flexibility index (Phi) is 6.27. The Morgan fingerprint density at radius 3 is 2.33 bits per heavy atom. The van der Waals surface area contributed by atoms with E-state index in [1.165, 1.54) is 11.1 Å². The number of ether oxygens (including phenoxy) is 2. The number of benzene rings is 2. The molecular formula is C21H27NO2. The van der Waals surface area contributed by atoms with Crippen LogP contribution in [0.3, 0.4) is 0 Å². The second-order valence-corrected chi connectivity index (χ2v) is 6.64. The molecule has 1 fully saturated rings. The van der Waals surface area contributed by atoms with Crippen molar-refractivity contribution in [3.63, 3.8) is 0 Å².